The Balaban J connectivity index is 2.70. The zero-order valence-corrected chi connectivity index (χ0v) is 8.82. The third kappa shape index (κ3) is 2.22. The Morgan fingerprint density at radius 1 is 1.67 bits per heavy atom. The third-order valence-electron chi connectivity index (χ3n) is 2.06. The van der Waals surface area contributed by atoms with Crippen molar-refractivity contribution < 1.29 is 5.11 Å². The summed E-state index contributed by atoms with van der Waals surface area (Å²) < 4.78 is 0. The van der Waals surface area contributed by atoms with Crippen LogP contribution >= 0.6 is 22.9 Å². The van der Waals surface area contributed by atoms with Gasteiger partial charge in [0.25, 0.3) is 0 Å². The summed E-state index contributed by atoms with van der Waals surface area (Å²) in [5, 5.41) is 12.3. The van der Waals surface area contributed by atoms with Crippen LogP contribution in [0.4, 0.5) is 0 Å². The summed E-state index contributed by atoms with van der Waals surface area (Å²) in [6.07, 6.45) is 0.629. The van der Waals surface area contributed by atoms with Gasteiger partial charge in [0.2, 0.25) is 0 Å². The van der Waals surface area contributed by atoms with Crippen LogP contribution < -0.4 is 0 Å². The van der Waals surface area contributed by atoms with Crippen molar-refractivity contribution >= 4 is 22.9 Å². The van der Waals surface area contributed by atoms with Gasteiger partial charge in [-0.05, 0) is 12.0 Å². The largest absolute Gasteiger partial charge is 0.387 e. The highest BCUT2D eigenvalue weighted by Crippen LogP contribution is 2.30. The molecule has 0 bridgehead atoms. The number of rotatable bonds is 3. The molecule has 12 heavy (non-hydrogen) atoms. The molecule has 1 aromatic heterocycles. The Kier molecular flexibility index (Phi) is 3.56. The van der Waals surface area contributed by atoms with Crippen LogP contribution in [0.1, 0.15) is 31.2 Å². The van der Waals surface area contributed by atoms with E-state index in [0.29, 0.717) is 5.92 Å². The number of aliphatic hydroxyl groups is 1. The highest BCUT2D eigenvalue weighted by atomic mass is 35.5. The second-order valence-electron chi connectivity index (χ2n) is 3.00. The summed E-state index contributed by atoms with van der Waals surface area (Å²) in [4.78, 5) is 0.967. The molecular formula is C9H13ClOS. The molecule has 0 aliphatic carbocycles. The second kappa shape index (κ2) is 4.26. The van der Waals surface area contributed by atoms with E-state index >= 15 is 0 Å². The van der Waals surface area contributed by atoms with Crippen LogP contribution in [0.3, 0.4) is 0 Å². The van der Waals surface area contributed by atoms with Gasteiger partial charge in [0.05, 0.1) is 11.1 Å². The zero-order valence-electron chi connectivity index (χ0n) is 7.25. The normalized spacial score (nSPS) is 16.0. The maximum Gasteiger partial charge on any atom is 0.0907 e. The highest BCUT2D eigenvalue weighted by molar-refractivity contribution is 7.10. The number of thiophene rings is 1. The SMILES string of the molecule is CCC(C)C(O)c1cc(Cl)cs1. The summed E-state index contributed by atoms with van der Waals surface area (Å²) in [6.45, 7) is 4.11. The molecule has 0 spiro atoms. The van der Waals surface area contributed by atoms with E-state index in [1.54, 1.807) is 0 Å². The van der Waals surface area contributed by atoms with Gasteiger partial charge in [0, 0.05) is 10.3 Å². The molecule has 0 aromatic carbocycles. The minimum atomic E-state index is -0.354. The molecule has 1 aromatic rings. The average Bonchev–Trinajstić information content (AvgIpc) is 2.49. The lowest BCUT2D eigenvalue weighted by Crippen LogP contribution is -2.05. The molecule has 3 heteroatoms. The molecule has 0 saturated heterocycles. The summed E-state index contributed by atoms with van der Waals surface area (Å²) in [7, 11) is 0. The fourth-order valence-corrected chi connectivity index (χ4v) is 2.19. The molecule has 68 valence electrons. The van der Waals surface area contributed by atoms with E-state index in [1.165, 1.54) is 11.3 Å². The van der Waals surface area contributed by atoms with Crippen molar-refractivity contribution in [3.63, 3.8) is 0 Å². The molecule has 0 amide bonds. The van der Waals surface area contributed by atoms with E-state index in [9.17, 15) is 5.11 Å². The molecule has 0 radical (unpaired) electrons. The van der Waals surface area contributed by atoms with Crippen LogP contribution in [0.2, 0.25) is 5.02 Å². The van der Waals surface area contributed by atoms with Crippen LogP contribution in [-0.4, -0.2) is 5.11 Å². The van der Waals surface area contributed by atoms with E-state index in [4.69, 9.17) is 11.6 Å². The highest BCUT2D eigenvalue weighted by Gasteiger charge is 2.15. The standard InChI is InChI=1S/C9H13ClOS/c1-3-6(2)9(11)8-4-7(10)5-12-8/h4-6,9,11H,3H2,1-2H3. The van der Waals surface area contributed by atoms with E-state index < -0.39 is 0 Å². The fraction of sp³-hybridized carbons (Fsp3) is 0.556. The molecule has 1 N–H and O–H groups in total. The van der Waals surface area contributed by atoms with Gasteiger partial charge in [-0.15, -0.1) is 11.3 Å². The van der Waals surface area contributed by atoms with Gasteiger partial charge in [-0.2, -0.15) is 0 Å². The van der Waals surface area contributed by atoms with E-state index in [0.717, 1.165) is 16.3 Å². The summed E-state index contributed by atoms with van der Waals surface area (Å²) in [5.41, 5.74) is 0. The number of hydrogen-bond acceptors (Lipinski definition) is 2. The first-order valence-electron chi connectivity index (χ1n) is 4.07. The van der Waals surface area contributed by atoms with Crippen molar-refractivity contribution in [2.75, 3.05) is 0 Å². The lowest BCUT2D eigenvalue weighted by Gasteiger charge is -2.14. The Morgan fingerprint density at radius 2 is 2.33 bits per heavy atom. The molecule has 0 fully saturated rings. The van der Waals surface area contributed by atoms with Gasteiger partial charge < -0.3 is 5.11 Å². The monoisotopic (exact) mass is 204 g/mol. The smallest absolute Gasteiger partial charge is 0.0907 e. The predicted octanol–water partition coefficient (Wildman–Crippen LogP) is 3.48. The van der Waals surface area contributed by atoms with Crippen LogP contribution in [0.5, 0.6) is 0 Å². The minimum Gasteiger partial charge on any atom is -0.387 e. The Bertz CT molecular complexity index is 246. The van der Waals surface area contributed by atoms with Crippen molar-refractivity contribution in [2.24, 2.45) is 5.92 Å². The quantitative estimate of drug-likeness (QED) is 0.800. The molecule has 1 nitrogen and oxygen atoms in total. The molecule has 0 aliphatic heterocycles. The van der Waals surface area contributed by atoms with E-state index in [2.05, 4.69) is 6.92 Å². The van der Waals surface area contributed by atoms with Gasteiger partial charge in [0.15, 0.2) is 0 Å². The molecule has 2 unspecified atom stereocenters. The van der Waals surface area contributed by atoms with Crippen molar-refractivity contribution in [1.82, 2.24) is 0 Å². The maximum absolute atomic E-state index is 9.75. The first-order chi connectivity index (χ1) is 5.65. The Hall–Kier alpha value is -0.0500. The maximum atomic E-state index is 9.75. The fourth-order valence-electron chi connectivity index (χ4n) is 0.987. The Labute approximate surface area is 82.0 Å². The number of hydrogen-bond donors (Lipinski definition) is 1. The van der Waals surface area contributed by atoms with Gasteiger partial charge >= 0.3 is 0 Å². The predicted molar refractivity (Wildman–Crippen MR) is 53.7 cm³/mol. The average molecular weight is 205 g/mol. The topological polar surface area (TPSA) is 20.2 Å². The van der Waals surface area contributed by atoms with Gasteiger partial charge in [-0.25, -0.2) is 0 Å². The number of aliphatic hydroxyl groups excluding tert-OH is 1. The Morgan fingerprint density at radius 3 is 2.75 bits per heavy atom. The first kappa shape index (κ1) is 10.0. The van der Waals surface area contributed by atoms with Gasteiger partial charge in [0.1, 0.15) is 0 Å². The molecule has 1 heterocycles. The second-order valence-corrected chi connectivity index (χ2v) is 4.38. The lowest BCUT2D eigenvalue weighted by molar-refractivity contribution is 0.119. The first-order valence-corrected chi connectivity index (χ1v) is 5.33. The lowest BCUT2D eigenvalue weighted by atomic mass is 10.0. The van der Waals surface area contributed by atoms with Gasteiger partial charge in [-0.1, -0.05) is 31.9 Å². The summed E-state index contributed by atoms with van der Waals surface area (Å²) in [6, 6.07) is 1.84. The zero-order chi connectivity index (χ0) is 9.14. The van der Waals surface area contributed by atoms with Crippen LogP contribution in [0.15, 0.2) is 11.4 Å². The van der Waals surface area contributed by atoms with E-state index in [1.807, 2.05) is 18.4 Å². The van der Waals surface area contributed by atoms with Crippen LogP contribution in [-0.2, 0) is 0 Å². The van der Waals surface area contributed by atoms with Crippen molar-refractivity contribution in [1.29, 1.82) is 0 Å². The molecular weight excluding hydrogens is 192 g/mol. The minimum absolute atomic E-state index is 0.305. The number of halogens is 1. The van der Waals surface area contributed by atoms with Crippen LogP contribution in [0, 0.1) is 5.92 Å². The van der Waals surface area contributed by atoms with Crippen molar-refractivity contribution in [2.45, 2.75) is 26.4 Å². The molecule has 2 atom stereocenters. The van der Waals surface area contributed by atoms with Crippen molar-refractivity contribution in [3.8, 4) is 0 Å². The summed E-state index contributed by atoms with van der Waals surface area (Å²) in [5.74, 6) is 0.305. The molecule has 1 rings (SSSR count). The van der Waals surface area contributed by atoms with E-state index in [-0.39, 0.29) is 6.10 Å². The van der Waals surface area contributed by atoms with Gasteiger partial charge in [-0.3, -0.25) is 0 Å². The molecule has 0 saturated carbocycles. The molecule has 0 aliphatic rings. The summed E-state index contributed by atoms with van der Waals surface area (Å²) >= 11 is 7.27. The van der Waals surface area contributed by atoms with Crippen molar-refractivity contribution in [3.05, 3.63) is 21.3 Å². The third-order valence-corrected chi connectivity index (χ3v) is 3.41. The van der Waals surface area contributed by atoms with Crippen LogP contribution in [0.25, 0.3) is 0 Å².